The number of benzene rings is 1. The van der Waals surface area contributed by atoms with Crippen molar-refractivity contribution in [2.75, 3.05) is 32.7 Å². The van der Waals surface area contributed by atoms with Crippen LogP contribution in [0.25, 0.3) is 0 Å². The van der Waals surface area contributed by atoms with E-state index in [1.54, 1.807) is 11.0 Å². The van der Waals surface area contributed by atoms with Crippen LogP contribution in [0.1, 0.15) is 10.4 Å². The Hall–Kier alpha value is -1.45. The van der Waals surface area contributed by atoms with Crippen molar-refractivity contribution in [3.05, 3.63) is 34.1 Å². The Bertz CT molecular complexity index is 501. The highest BCUT2D eigenvalue weighted by Gasteiger charge is 2.22. The zero-order valence-electron chi connectivity index (χ0n) is 10.3. The lowest BCUT2D eigenvalue weighted by atomic mass is 10.1. The molecule has 1 aliphatic heterocycles. The quantitative estimate of drug-likeness (QED) is 0.780. The fourth-order valence-electron chi connectivity index (χ4n) is 2.07. The third-order valence-electron chi connectivity index (χ3n) is 3.06. The molecule has 1 amide bonds. The molecule has 0 saturated carbocycles. The molecule has 1 aliphatic rings. The topological polar surface area (TPSA) is 47.3 Å². The predicted octanol–water partition coefficient (Wildman–Crippen LogP) is 1.87. The van der Waals surface area contributed by atoms with Crippen LogP contribution < -0.4 is 0 Å². The van der Waals surface area contributed by atoms with Gasteiger partial charge in [-0.2, -0.15) is 5.26 Å². The van der Waals surface area contributed by atoms with Gasteiger partial charge in [-0.05, 0) is 18.2 Å². The minimum absolute atomic E-state index is 0.170. The van der Waals surface area contributed by atoms with Crippen LogP contribution in [0.3, 0.4) is 0 Å². The molecular weight excluding hydrogens is 313 g/mol. The first-order valence-electron chi connectivity index (χ1n) is 5.95. The Kier molecular flexibility index (Phi) is 4.51. The standard InChI is InChI=1S/C13H13BrFN3O/c14-11-7-10(8-12(15)9-11)13(19)18-5-3-17(2-1-16)4-6-18/h7-9H,2-6H2. The maximum Gasteiger partial charge on any atom is 0.254 e. The first kappa shape index (κ1) is 14.0. The minimum Gasteiger partial charge on any atom is -0.336 e. The summed E-state index contributed by atoms with van der Waals surface area (Å²) in [5, 5.41) is 8.61. The summed E-state index contributed by atoms with van der Waals surface area (Å²) < 4.78 is 13.8. The largest absolute Gasteiger partial charge is 0.336 e. The van der Waals surface area contributed by atoms with E-state index in [-0.39, 0.29) is 5.91 Å². The van der Waals surface area contributed by atoms with E-state index in [2.05, 4.69) is 22.0 Å². The van der Waals surface area contributed by atoms with Gasteiger partial charge in [0.1, 0.15) is 5.82 Å². The van der Waals surface area contributed by atoms with Gasteiger partial charge in [0.2, 0.25) is 0 Å². The number of rotatable bonds is 2. The minimum atomic E-state index is -0.430. The number of nitrogens with zero attached hydrogens (tertiary/aromatic N) is 3. The molecule has 100 valence electrons. The second kappa shape index (κ2) is 6.13. The van der Waals surface area contributed by atoms with Crippen molar-refractivity contribution in [1.29, 1.82) is 5.26 Å². The van der Waals surface area contributed by atoms with Crippen LogP contribution in [0.5, 0.6) is 0 Å². The number of carbonyl (C=O) groups excluding carboxylic acids is 1. The Morgan fingerprint density at radius 3 is 2.58 bits per heavy atom. The lowest BCUT2D eigenvalue weighted by Crippen LogP contribution is -2.48. The average Bonchev–Trinajstić information content (AvgIpc) is 2.38. The van der Waals surface area contributed by atoms with Crippen molar-refractivity contribution >= 4 is 21.8 Å². The summed E-state index contributed by atoms with van der Waals surface area (Å²) in [6, 6.07) is 6.28. The highest BCUT2D eigenvalue weighted by molar-refractivity contribution is 9.10. The molecule has 0 bridgehead atoms. The normalized spacial score (nSPS) is 16.2. The van der Waals surface area contributed by atoms with Gasteiger partial charge in [-0.3, -0.25) is 9.69 Å². The van der Waals surface area contributed by atoms with Crippen molar-refractivity contribution in [1.82, 2.24) is 9.80 Å². The second-order valence-corrected chi connectivity index (χ2v) is 5.30. The van der Waals surface area contributed by atoms with Gasteiger partial charge in [0.15, 0.2) is 0 Å². The zero-order chi connectivity index (χ0) is 13.8. The summed E-state index contributed by atoms with van der Waals surface area (Å²) in [5.74, 6) is -0.599. The lowest BCUT2D eigenvalue weighted by Gasteiger charge is -2.33. The maximum atomic E-state index is 13.3. The van der Waals surface area contributed by atoms with Crippen LogP contribution in [0, 0.1) is 17.1 Å². The highest BCUT2D eigenvalue weighted by Crippen LogP contribution is 2.17. The van der Waals surface area contributed by atoms with Crippen molar-refractivity contribution < 1.29 is 9.18 Å². The highest BCUT2D eigenvalue weighted by atomic mass is 79.9. The van der Waals surface area contributed by atoms with Gasteiger partial charge >= 0.3 is 0 Å². The Labute approximate surface area is 119 Å². The van der Waals surface area contributed by atoms with Crippen LogP contribution in [0.2, 0.25) is 0 Å². The first-order chi connectivity index (χ1) is 9.10. The molecule has 1 aromatic carbocycles. The first-order valence-corrected chi connectivity index (χ1v) is 6.74. The number of carbonyl (C=O) groups is 1. The van der Waals surface area contributed by atoms with Gasteiger partial charge in [-0.25, -0.2) is 4.39 Å². The molecule has 1 heterocycles. The molecule has 0 spiro atoms. The van der Waals surface area contributed by atoms with E-state index in [9.17, 15) is 9.18 Å². The fourth-order valence-corrected chi connectivity index (χ4v) is 2.53. The monoisotopic (exact) mass is 325 g/mol. The van der Waals surface area contributed by atoms with Crippen molar-refractivity contribution in [2.45, 2.75) is 0 Å². The molecule has 0 radical (unpaired) electrons. The van der Waals surface area contributed by atoms with Gasteiger partial charge < -0.3 is 4.90 Å². The zero-order valence-corrected chi connectivity index (χ0v) is 11.9. The molecule has 0 unspecified atom stereocenters. The van der Waals surface area contributed by atoms with E-state index < -0.39 is 5.82 Å². The molecule has 2 rings (SSSR count). The van der Waals surface area contributed by atoms with Gasteiger partial charge in [-0.15, -0.1) is 0 Å². The third-order valence-corrected chi connectivity index (χ3v) is 3.52. The van der Waals surface area contributed by atoms with E-state index in [0.29, 0.717) is 42.8 Å². The number of amides is 1. The number of hydrogen-bond donors (Lipinski definition) is 0. The summed E-state index contributed by atoms with van der Waals surface area (Å²) in [6.45, 7) is 2.86. The van der Waals surface area contributed by atoms with Crippen LogP contribution in [-0.2, 0) is 0 Å². The summed E-state index contributed by atoms with van der Waals surface area (Å²) >= 11 is 3.18. The third kappa shape index (κ3) is 3.52. The van der Waals surface area contributed by atoms with Crippen molar-refractivity contribution in [3.63, 3.8) is 0 Å². The van der Waals surface area contributed by atoms with E-state index in [1.807, 2.05) is 4.90 Å². The number of halogens is 2. The number of nitriles is 1. The SMILES string of the molecule is N#CCN1CCN(C(=O)c2cc(F)cc(Br)c2)CC1. The van der Waals surface area contributed by atoms with Crippen LogP contribution in [0.15, 0.2) is 22.7 Å². The van der Waals surface area contributed by atoms with Crippen molar-refractivity contribution in [3.8, 4) is 6.07 Å². The summed E-state index contributed by atoms with van der Waals surface area (Å²) in [5.41, 5.74) is 0.348. The van der Waals surface area contributed by atoms with E-state index in [1.165, 1.54) is 12.1 Å². The molecule has 0 aliphatic carbocycles. The maximum absolute atomic E-state index is 13.3. The van der Waals surface area contributed by atoms with Gasteiger partial charge in [0.05, 0.1) is 12.6 Å². The van der Waals surface area contributed by atoms with Crippen molar-refractivity contribution in [2.24, 2.45) is 0 Å². The lowest BCUT2D eigenvalue weighted by molar-refractivity contribution is 0.0651. The van der Waals surface area contributed by atoms with Gasteiger partial charge in [0, 0.05) is 36.2 Å². The molecule has 4 nitrogen and oxygen atoms in total. The predicted molar refractivity (Wildman–Crippen MR) is 72.1 cm³/mol. The summed E-state index contributed by atoms with van der Waals surface area (Å²) in [7, 11) is 0. The van der Waals surface area contributed by atoms with E-state index in [4.69, 9.17) is 5.26 Å². The molecule has 0 N–H and O–H groups in total. The second-order valence-electron chi connectivity index (χ2n) is 4.38. The molecule has 19 heavy (non-hydrogen) atoms. The average molecular weight is 326 g/mol. The van der Waals surface area contributed by atoms with Gasteiger partial charge in [-0.1, -0.05) is 15.9 Å². The number of hydrogen-bond acceptors (Lipinski definition) is 3. The van der Waals surface area contributed by atoms with Gasteiger partial charge in [0.25, 0.3) is 5.91 Å². The molecule has 0 atom stereocenters. The number of piperazine rings is 1. The Morgan fingerprint density at radius 2 is 2.00 bits per heavy atom. The van der Waals surface area contributed by atoms with Crippen LogP contribution in [-0.4, -0.2) is 48.4 Å². The van der Waals surface area contributed by atoms with Crippen LogP contribution >= 0.6 is 15.9 Å². The van der Waals surface area contributed by atoms with E-state index in [0.717, 1.165) is 0 Å². The molecule has 0 aromatic heterocycles. The molecule has 1 aromatic rings. The summed E-state index contributed by atoms with van der Waals surface area (Å²) in [4.78, 5) is 15.9. The molecule has 1 saturated heterocycles. The molecule has 1 fully saturated rings. The fraction of sp³-hybridized carbons (Fsp3) is 0.385. The Balaban J connectivity index is 2.03. The smallest absolute Gasteiger partial charge is 0.254 e. The van der Waals surface area contributed by atoms with E-state index >= 15 is 0 Å². The molecular formula is C13H13BrFN3O. The Morgan fingerprint density at radius 1 is 1.32 bits per heavy atom. The summed E-state index contributed by atoms with van der Waals surface area (Å²) in [6.07, 6.45) is 0. The molecule has 6 heteroatoms. The van der Waals surface area contributed by atoms with Crippen LogP contribution in [0.4, 0.5) is 4.39 Å².